The van der Waals surface area contributed by atoms with E-state index in [-0.39, 0.29) is 11.5 Å². The number of anilines is 1. The highest BCUT2D eigenvalue weighted by molar-refractivity contribution is 6.06. The van der Waals surface area contributed by atoms with Crippen LogP contribution in [0.5, 0.6) is 0 Å². The third-order valence-corrected chi connectivity index (χ3v) is 7.02. The molecule has 0 bridgehead atoms. The summed E-state index contributed by atoms with van der Waals surface area (Å²) >= 11 is 0. The highest BCUT2D eigenvalue weighted by atomic mass is 16.1. The van der Waals surface area contributed by atoms with Gasteiger partial charge in [0, 0.05) is 56.9 Å². The van der Waals surface area contributed by atoms with E-state index in [0.29, 0.717) is 16.5 Å². The first kappa shape index (κ1) is 22.7. The first-order valence-electron chi connectivity index (χ1n) is 12.4. The van der Waals surface area contributed by atoms with Crippen LogP contribution in [0.15, 0.2) is 47.3 Å². The number of likely N-dealkylation sites (N-methyl/N-ethyl adjacent to an activating group) is 1. The van der Waals surface area contributed by atoms with Crippen LogP contribution in [-0.2, 0) is 19.5 Å². The molecule has 3 heterocycles. The van der Waals surface area contributed by atoms with Crippen LogP contribution in [0, 0.1) is 0 Å². The van der Waals surface area contributed by atoms with Gasteiger partial charge < -0.3 is 10.2 Å². The van der Waals surface area contributed by atoms with E-state index in [1.165, 1.54) is 12.0 Å². The van der Waals surface area contributed by atoms with Crippen LogP contribution < -0.4 is 10.9 Å². The third kappa shape index (κ3) is 5.05. The summed E-state index contributed by atoms with van der Waals surface area (Å²) in [5.74, 6) is 0.652. The molecule has 0 spiro atoms. The minimum absolute atomic E-state index is 0.00506. The monoisotopic (exact) mass is 459 g/mol. The number of rotatable bonds is 4. The molecule has 1 fully saturated rings. The lowest BCUT2D eigenvalue weighted by Crippen LogP contribution is -2.43. The Labute approximate surface area is 200 Å². The lowest BCUT2D eigenvalue weighted by molar-refractivity contribution is 0.102. The zero-order valence-electron chi connectivity index (χ0n) is 19.9. The fraction of sp³-hybridized carbons (Fsp3) is 0.444. The molecule has 7 heteroatoms. The van der Waals surface area contributed by atoms with Crippen molar-refractivity contribution >= 4 is 22.5 Å². The van der Waals surface area contributed by atoms with E-state index in [9.17, 15) is 9.59 Å². The molecule has 34 heavy (non-hydrogen) atoms. The van der Waals surface area contributed by atoms with Crippen molar-refractivity contribution in [3.63, 3.8) is 0 Å². The van der Waals surface area contributed by atoms with E-state index < -0.39 is 0 Å². The van der Waals surface area contributed by atoms with Gasteiger partial charge in [-0.1, -0.05) is 25.0 Å². The zero-order valence-corrected chi connectivity index (χ0v) is 19.9. The van der Waals surface area contributed by atoms with Gasteiger partial charge in [0.25, 0.3) is 11.5 Å². The minimum Gasteiger partial charge on any atom is -0.322 e. The predicted molar refractivity (Wildman–Crippen MR) is 135 cm³/mol. The van der Waals surface area contributed by atoms with Crippen molar-refractivity contribution in [2.75, 3.05) is 38.5 Å². The summed E-state index contributed by atoms with van der Waals surface area (Å²) in [6, 6.07) is 13.3. The Balaban J connectivity index is 1.33. The standard InChI is InChI=1S/C27H33N5O2/c1-30-13-15-31(16-14-30)19-20-7-6-8-22(17-20)28-26(33)21-10-11-23-24(18-21)29-25-9-4-2-3-5-12-32(25)27(23)34/h6-8,10-11,17-18H,2-5,9,12-16,19H2,1H3,(H,28,33). The largest absolute Gasteiger partial charge is 0.322 e. The van der Waals surface area contributed by atoms with Gasteiger partial charge in [-0.3, -0.25) is 19.1 Å². The Kier molecular flexibility index (Phi) is 6.74. The van der Waals surface area contributed by atoms with Gasteiger partial charge in [-0.25, -0.2) is 4.98 Å². The van der Waals surface area contributed by atoms with Crippen LogP contribution in [-0.4, -0.2) is 58.5 Å². The normalized spacial score (nSPS) is 17.7. The van der Waals surface area contributed by atoms with E-state index in [1.807, 2.05) is 22.8 Å². The molecule has 5 rings (SSSR count). The molecule has 0 atom stereocenters. The highest BCUT2D eigenvalue weighted by Gasteiger charge is 2.16. The number of hydrogen-bond donors (Lipinski definition) is 1. The number of aromatic nitrogens is 2. The number of carbonyl (C=O) groups excluding carboxylic acids is 1. The quantitative estimate of drug-likeness (QED) is 0.647. The number of nitrogens with one attached hydrogen (secondary N) is 1. The van der Waals surface area contributed by atoms with Crippen molar-refractivity contribution in [1.29, 1.82) is 0 Å². The molecule has 0 saturated carbocycles. The second-order valence-electron chi connectivity index (χ2n) is 9.61. The van der Waals surface area contributed by atoms with Gasteiger partial charge in [-0.2, -0.15) is 0 Å². The predicted octanol–water partition coefficient (Wildman–Crippen LogP) is 3.51. The van der Waals surface area contributed by atoms with E-state index in [4.69, 9.17) is 4.98 Å². The molecule has 1 N–H and O–H groups in total. The molecule has 0 radical (unpaired) electrons. The Hall–Kier alpha value is -3.03. The third-order valence-electron chi connectivity index (χ3n) is 7.02. The van der Waals surface area contributed by atoms with E-state index >= 15 is 0 Å². The number of amides is 1. The Morgan fingerprint density at radius 3 is 2.65 bits per heavy atom. The first-order valence-corrected chi connectivity index (χ1v) is 12.4. The molecule has 1 saturated heterocycles. The van der Waals surface area contributed by atoms with Crippen LogP contribution in [0.4, 0.5) is 5.69 Å². The maximum absolute atomic E-state index is 13.0. The van der Waals surface area contributed by atoms with E-state index in [1.54, 1.807) is 18.2 Å². The van der Waals surface area contributed by atoms with Crippen molar-refractivity contribution in [2.45, 2.75) is 45.2 Å². The molecule has 1 amide bonds. The van der Waals surface area contributed by atoms with Gasteiger partial charge in [-0.05, 0) is 55.8 Å². The Bertz CT molecular complexity index is 1240. The van der Waals surface area contributed by atoms with Crippen LogP contribution in [0.3, 0.4) is 0 Å². The average molecular weight is 460 g/mol. The first-order chi connectivity index (χ1) is 16.6. The van der Waals surface area contributed by atoms with Gasteiger partial charge in [0.05, 0.1) is 10.9 Å². The fourth-order valence-electron chi connectivity index (χ4n) is 4.95. The van der Waals surface area contributed by atoms with Gasteiger partial charge in [0.15, 0.2) is 0 Å². The summed E-state index contributed by atoms with van der Waals surface area (Å²) in [5, 5.41) is 3.60. The summed E-state index contributed by atoms with van der Waals surface area (Å²) in [5.41, 5.74) is 3.09. The number of nitrogens with zero attached hydrogens (tertiary/aromatic N) is 4. The molecule has 7 nitrogen and oxygen atoms in total. The summed E-state index contributed by atoms with van der Waals surface area (Å²) < 4.78 is 1.83. The second-order valence-corrected chi connectivity index (χ2v) is 9.61. The fourth-order valence-corrected chi connectivity index (χ4v) is 4.95. The molecule has 2 aliphatic heterocycles. The van der Waals surface area contributed by atoms with Crippen molar-refractivity contribution in [1.82, 2.24) is 19.4 Å². The Morgan fingerprint density at radius 2 is 1.79 bits per heavy atom. The zero-order chi connectivity index (χ0) is 23.5. The topological polar surface area (TPSA) is 70.5 Å². The van der Waals surface area contributed by atoms with Crippen LogP contribution in [0.2, 0.25) is 0 Å². The Morgan fingerprint density at radius 1 is 0.971 bits per heavy atom. The lowest BCUT2D eigenvalue weighted by atomic mass is 10.1. The summed E-state index contributed by atoms with van der Waals surface area (Å²) in [7, 11) is 2.16. The molecule has 0 aliphatic carbocycles. The van der Waals surface area contributed by atoms with Gasteiger partial charge in [0.1, 0.15) is 5.82 Å². The van der Waals surface area contributed by atoms with Crippen LogP contribution in [0.25, 0.3) is 10.9 Å². The summed E-state index contributed by atoms with van der Waals surface area (Å²) in [4.78, 5) is 35.7. The minimum atomic E-state index is -0.188. The molecule has 2 aromatic carbocycles. The highest BCUT2D eigenvalue weighted by Crippen LogP contribution is 2.19. The summed E-state index contributed by atoms with van der Waals surface area (Å²) in [6.45, 7) is 5.89. The van der Waals surface area contributed by atoms with Gasteiger partial charge in [-0.15, -0.1) is 0 Å². The maximum atomic E-state index is 13.0. The summed E-state index contributed by atoms with van der Waals surface area (Å²) in [6.07, 6.45) is 5.18. The second kappa shape index (κ2) is 10.1. The van der Waals surface area contributed by atoms with E-state index in [2.05, 4.69) is 28.2 Å². The molecule has 178 valence electrons. The lowest BCUT2D eigenvalue weighted by Gasteiger charge is -2.32. The van der Waals surface area contributed by atoms with Crippen molar-refractivity contribution < 1.29 is 4.79 Å². The van der Waals surface area contributed by atoms with Crippen molar-refractivity contribution in [3.05, 3.63) is 69.8 Å². The average Bonchev–Trinajstić information content (AvgIpc) is 2.82. The van der Waals surface area contributed by atoms with Gasteiger partial charge in [0.2, 0.25) is 0 Å². The molecule has 2 aliphatic rings. The molecule has 3 aromatic rings. The van der Waals surface area contributed by atoms with E-state index in [0.717, 1.165) is 76.5 Å². The molecule has 1 aromatic heterocycles. The molecular formula is C27H33N5O2. The van der Waals surface area contributed by atoms with Crippen molar-refractivity contribution in [3.8, 4) is 0 Å². The molecular weight excluding hydrogens is 426 g/mol. The molecule has 0 unspecified atom stereocenters. The number of piperazine rings is 1. The number of carbonyl (C=O) groups is 1. The SMILES string of the molecule is CN1CCN(Cc2cccc(NC(=O)c3ccc4c(=O)n5c(nc4c3)CCCCCC5)c2)CC1. The van der Waals surface area contributed by atoms with Crippen LogP contribution >= 0.6 is 0 Å². The number of fused-ring (bicyclic) bond motifs is 2. The number of benzene rings is 2. The van der Waals surface area contributed by atoms with Crippen LogP contribution in [0.1, 0.15) is 47.4 Å². The smallest absolute Gasteiger partial charge is 0.261 e. The van der Waals surface area contributed by atoms with Crippen molar-refractivity contribution in [2.24, 2.45) is 0 Å². The maximum Gasteiger partial charge on any atom is 0.261 e. The van der Waals surface area contributed by atoms with Gasteiger partial charge >= 0.3 is 0 Å². The number of hydrogen-bond acceptors (Lipinski definition) is 5. The number of aryl methyl sites for hydroxylation is 1.